The van der Waals surface area contributed by atoms with Crippen LogP contribution in [-0.2, 0) is 0 Å². The number of halogens is 2. The van der Waals surface area contributed by atoms with Gasteiger partial charge in [0, 0.05) is 23.7 Å². The molecule has 2 aliphatic heterocycles. The summed E-state index contributed by atoms with van der Waals surface area (Å²) in [6, 6.07) is 5.09. The van der Waals surface area contributed by atoms with Crippen LogP contribution in [0.15, 0.2) is 18.3 Å². The van der Waals surface area contributed by atoms with Crippen LogP contribution in [0.4, 0.5) is 5.82 Å². The number of piperidine rings is 1. The first-order valence-corrected chi connectivity index (χ1v) is 6.59. The van der Waals surface area contributed by atoms with Gasteiger partial charge in [0.15, 0.2) is 0 Å². The van der Waals surface area contributed by atoms with Gasteiger partial charge >= 0.3 is 0 Å². The van der Waals surface area contributed by atoms with Crippen LogP contribution in [0.2, 0.25) is 5.02 Å². The highest BCUT2D eigenvalue weighted by Gasteiger charge is 2.40. The standard InChI is InChI=1S/C12H14Cl2N2/c13-8-1-4-12(15-7-8)16-10-2-3-11(16)6-9(14)5-10/h1,4,7,9-11H,2-3,5-6H2. The Balaban J connectivity index is 1.88. The van der Waals surface area contributed by atoms with Crippen LogP contribution in [0.5, 0.6) is 0 Å². The van der Waals surface area contributed by atoms with Crippen LogP contribution in [-0.4, -0.2) is 22.4 Å². The Morgan fingerprint density at radius 2 is 1.88 bits per heavy atom. The number of rotatable bonds is 1. The monoisotopic (exact) mass is 256 g/mol. The third-order valence-electron chi connectivity index (χ3n) is 3.65. The molecule has 0 saturated carbocycles. The summed E-state index contributed by atoms with van der Waals surface area (Å²) < 4.78 is 0. The molecule has 0 aromatic carbocycles. The largest absolute Gasteiger partial charge is 0.351 e. The quantitative estimate of drug-likeness (QED) is 0.716. The van der Waals surface area contributed by atoms with E-state index in [1.807, 2.05) is 12.1 Å². The van der Waals surface area contributed by atoms with Crippen molar-refractivity contribution >= 4 is 29.0 Å². The second-order valence-corrected chi connectivity index (χ2v) is 5.75. The lowest BCUT2D eigenvalue weighted by atomic mass is 10.0. The number of fused-ring (bicyclic) bond motifs is 2. The Labute approximate surface area is 106 Å². The van der Waals surface area contributed by atoms with Crippen LogP contribution < -0.4 is 4.90 Å². The van der Waals surface area contributed by atoms with E-state index in [2.05, 4.69) is 9.88 Å². The van der Waals surface area contributed by atoms with E-state index in [-0.39, 0.29) is 0 Å². The van der Waals surface area contributed by atoms with Gasteiger partial charge in [-0.15, -0.1) is 11.6 Å². The van der Waals surface area contributed by atoms with E-state index in [0.717, 1.165) is 18.7 Å². The zero-order valence-electron chi connectivity index (χ0n) is 8.94. The second-order valence-electron chi connectivity index (χ2n) is 4.70. The average Bonchev–Trinajstić information content (AvgIpc) is 2.54. The molecule has 2 aliphatic rings. The molecule has 3 heterocycles. The van der Waals surface area contributed by atoms with E-state index < -0.39 is 0 Å². The van der Waals surface area contributed by atoms with Gasteiger partial charge in [0.1, 0.15) is 5.82 Å². The molecule has 2 nitrogen and oxygen atoms in total. The van der Waals surface area contributed by atoms with Crippen LogP contribution in [0, 0.1) is 0 Å². The van der Waals surface area contributed by atoms with Gasteiger partial charge in [-0.25, -0.2) is 4.98 Å². The van der Waals surface area contributed by atoms with E-state index >= 15 is 0 Å². The predicted octanol–water partition coefficient (Wildman–Crippen LogP) is 3.47. The number of anilines is 1. The third kappa shape index (κ3) is 1.78. The maximum absolute atomic E-state index is 6.26. The molecule has 0 N–H and O–H groups in total. The maximum atomic E-state index is 6.26. The summed E-state index contributed by atoms with van der Waals surface area (Å²) >= 11 is 12.1. The van der Waals surface area contributed by atoms with Crippen molar-refractivity contribution in [1.82, 2.24) is 4.98 Å². The van der Waals surface area contributed by atoms with Crippen LogP contribution in [0.25, 0.3) is 0 Å². The lowest BCUT2D eigenvalue weighted by Gasteiger charge is -2.37. The van der Waals surface area contributed by atoms with Gasteiger partial charge in [0.05, 0.1) is 5.02 Å². The molecule has 2 unspecified atom stereocenters. The fraction of sp³-hybridized carbons (Fsp3) is 0.583. The summed E-state index contributed by atoms with van der Waals surface area (Å²) in [5.41, 5.74) is 0. The number of pyridine rings is 1. The summed E-state index contributed by atoms with van der Waals surface area (Å²) in [5.74, 6) is 1.06. The van der Waals surface area contributed by atoms with E-state index in [1.165, 1.54) is 12.8 Å². The number of hydrogen-bond donors (Lipinski definition) is 0. The number of hydrogen-bond acceptors (Lipinski definition) is 2. The van der Waals surface area contributed by atoms with Gasteiger partial charge in [-0.3, -0.25) is 0 Å². The average molecular weight is 257 g/mol. The number of nitrogens with zero attached hydrogens (tertiary/aromatic N) is 2. The minimum absolute atomic E-state index is 0.348. The fourth-order valence-electron chi connectivity index (χ4n) is 3.01. The molecule has 86 valence electrons. The van der Waals surface area contributed by atoms with Crippen molar-refractivity contribution in [3.63, 3.8) is 0 Å². The molecule has 1 aromatic rings. The fourth-order valence-corrected chi connectivity index (χ4v) is 3.53. The van der Waals surface area contributed by atoms with Gasteiger partial charge in [-0.2, -0.15) is 0 Å². The first-order valence-electron chi connectivity index (χ1n) is 5.78. The van der Waals surface area contributed by atoms with Crippen molar-refractivity contribution in [2.24, 2.45) is 0 Å². The van der Waals surface area contributed by atoms with Crippen LogP contribution in [0.3, 0.4) is 0 Å². The SMILES string of the molecule is Clc1ccc(N2C3CCC2CC(Cl)C3)nc1. The van der Waals surface area contributed by atoms with Crippen molar-refractivity contribution in [2.75, 3.05) is 4.90 Å². The Morgan fingerprint density at radius 1 is 1.19 bits per heavy atom. The number of aromatic nitrogens is 1. The molecule has 2 fully saturated rings. The van der Waals surface area contributed by atoms with Gasteiger partial charge in [-0.05, 0) is 37.8 Å². The second kappa shape index (κ2) is 4.08. The third-order valence-corrected chi connectivity index (χ3v) is 4.23. The summed E-state index contributed by atoms with van der Waals surface area (Å²) in [4.78, 5) is 6.86. The lowest BCUT2D eigenvalue weighted by Crippen LogP contribution is -2.43. The maximum Gasteiger partial charge on any atom is 0.129 e. The molecule has 0 radical (unpaired) electrons. The minimum Gasteiger partial charge on any atom is -0.351 e. The predicted molar refractivity (Wildman–Crippen MR) is 67.4 cm³/mol. The van der Waals surface area contributed by atoms with Crippen molar-refractivity contribution in [3.8, 4) is 0 Å². The Morgan fingerprint density at radius 3 is 2.44 bits per heavy atom. The minimum atomic E-state index is 0.348. The summed E-state index contributed by atoms with van der Waals surface area (Å²) in [7, 11) is 0. The first-order chi connectivity index (χ1) is 7.74. The summed E-state index contributed by atoms with van der Waals surface area (Å²) in [5, 5.41) is 1.05. The normalized spacial score (nSPS) is 33.1. The van der Waals surface area contributed by atoms with Crippen LogP contribution >= 0.6 is 23.2 Å². The highest BCUT2D eigenvalue weighted by molar-refractivity contribution is 6.30. The Hall–Kier alpha value is -0.470. The molecule has 2 saturated heterocycles. The molecule has 1 aromatic heterocycles. The first kappa shape index (κ1) is 10.7. The molecule has 2 bridgehead atoms. The molecule has 2 atom stereocenters. The van der Waals surface area contributed by atoms with E-state index in [9.17, 15) is 0 Å². The molecule has 0 amide bonds. The molecule has 0 spiro atoms. The van der Waals surface area contributed by atoms with E-state index in [4.69, 9.17) is 23.2 Å². The molecule has 4 heteroatoms. The summed E-state index contributed by atoms with van der Waals surface area (Å²) in [6.07, 6.45) is 6.39. The van der Waals surface area contributed by atoms with Gasteiger partial charge in [-0.1, -0.05) is 11.6 Å². The van der Waals surface area contributed by atoms with Crippen molar-refractivity contribution in [2.45, 2.75) is 43.1 Å². The highest BCUT2D eigenvalue weighted by Crippen LogP contribution is 2.40. The van der Waals surface area contributed by atoms with Crippen molar-refractivity contribution < 1.29 is 0 Å². The van der Waals surface area contributed by atoms with E-state index in [1.54, 1.807) is 6.20 Å². The van der Waals surface area contributed by atoms with Gasteiger partial charge < -0.3 is 4.90 Å². The van der Waals surface area contributed by atoms with Crippen LogP contribution in [0.1, 0.15) is 25.7 Å². The molecule has 0 aliphatic carbocycles. The van der Waals surface area contributed by atoms with Gasteiger partial charge in [0.2, 0.25) is 0 Å². The smallest absolute Gasteiger partial charge is 0.129 e. The number of alkyl halides is 1. The Bertz CT molecular complexity index is 365. The van der Waals surface area contributed by atoms with Gasteiger partial charge in [0.25, 0.3) is 0 Å². The zero-order chi connectivity index (χ0) is 11.1. The van der Waals surface area contributed by atoms with Crippen molar-refractivity contribution in [3.05, 3.63) is 23.4 Å². The molecular weight excluding hydrogens is 243 g/mol. The highest BCUT2D eigenvalue weighted by atomic mass is 35.5. The van der Waals surface area contributed by atoms with E-state index in [0.29, 0.717) is 22.5 Å². The summed E-state index contributed by atoms with van der Waals surface area (Å²) in [6.45, 7) is 0. The zero-order valence-corrected chi connectivity index (χ0v) is 10.5. The van der Waals surface area contributed by atoms with Crippen molar-refractivity contribution in [1.29, 1.82) is 0 Å². The molecule has 3 rings (SSSR count). The molecule has 16 heavy (non-hydrogen) atoms. The molecular formula is C12H14Cl2N2. The topological polar surface area (TPSA) is 16.1 Å². The lowest BCUT2D eigenvalue weighted by molar-refractivity contribution is 0.470. The Kier molecular flexibility index (Phi) is 2.72.